The van der Waals surface area contributed by atoms with Crippen molar-refractivity contribution >= 4 is 65.2 Å². The maximum absolute atomic E-state index is 2.46. The molecule has 0 atom stereocenters. The van der Waals surface area contributed by atoms with Crippen molar-refractivity contribution in [1.29, 1.82) is 0 Å². The van der Waals surface area contributed by atoms with E-state index in [2.05, 4.69) is 281 Å². The normalized spacial score (nSPS) is 12.3. The molecule has 2 heteroatoms. The van der Waals surface area contributed by atoms with Crippen LogP contribution in [-0.2, 0) is 10.8 Å². The van der Waals surface area contributed by atoms with Gasteiger partial charge in [0.15, 0.2) is 0 Å². The Balaban J connectivity index is 1.09. The van der Waals surface area contributed by atoms with Gasteiger partial charge in [-0.25, -0.2) is 0 Å². The molecule has 13 rings (SSSR count). The lowest BCUT2D eigenvalue weighted by Gasteiger charge is -2.21. The van der Waals surface area contributed by atoms with Gasteiger partial charge in [-0.05, 0) is 137 Å². The molecule has 0 unspecified atom stereocenters. The third-order valence-corrected chi connectivity index (χ3v) is 15.3. The van der Waals surface area contributed by atoms with Gasteiger partial charge in [-0.15, -0.1) is 0 Å². The van der Waals surface area contributed by atoms with Crippen LogP contribution in [-0.4, -0.2) is 9.13 Å². The molecule has 2 heterocycles. The van der Waals surface area contributed by atoms with Crippen LogP contribution in [0.2, 0.25) is 0 Å². The summed E-state index contributed by atoms with van der Waals surface area (Å²) in [6.45, 7) is 13.6. The number of nitrogens with zero attached hydrogens (tertiary/aromatic N) is 2. The van der Waals surface area contributed by atoms with E-state index >= 15 is 0 Å². The number of para-hydroxylation sites is 4. The predicted octanol–water partition coefficient (Wildman–Crippen LogP) is 19.5. The monoisotopic (exact) mass is 924 g/mol. The van der Waals surface area contributed by atoms with Crippen LogP contribution in [0.5, 0.6) is 0 Å². The molecule has 0 radical (unpaired) electrons. The lowest BCUT2D eigenvalue weighted by molar-refractivity contribution is 0.590. The minimum atomic E-state index is 0.0938. The zero-order chi connectivity index (χ0) is 48.9. The van der Waals surface area contributed by atoms with E-state index in [9.17, 15) is 0 Å². The van der Waals surface area contributed by atoms with Crippen molar-refractivity contribution in [2.45, 2.75) is 52.4 Å². The summed E-state index contributed by atoms with van der Waals surface area (Å²) >= 11 is 0. The largest absolute Gasteiger partial charge is 0.309 e. The van der Waals surface area contributed by atoms with Gasteiger partial charge in [0.2, 0.25) is 0 Å². The van der Waals surface area contributed by atoms with E-state index < -0.39 is 0 Å². The molecule has 0 N–H and O–H groups in total. The standard InChI is InChI=1S/C70H56N2/c1-69(2,3)51-35-31-47(32-36-51)45-23-27-49(28-24-45)67-59-41-39-54(72-65-21-13-9-17-57(65)58-18-10-14-22-66(58)72)44-62(59)68(50-29-25-46(26-30-50)48-33-37-52(38-34-48)70(4,5)6)60-42-40-53(43-61(60)67)71-63-19-11-7-15-55(63)56-16-8-12-20-64(56)71/h7-44H,1-6H3. The molecule has 11 aromatic carbocycles. The van der Waals surface area contributed by atoms with Crippen molar-refractivity contribution in [2.75, 3.05) is 0 Å². The van der Waals surface area contributed by atoms with Gasteiger partial charge in [0, 0.05) is 32.9 Å². The number of aromatic nitrogens is 2. The van der Waals surface area contributed by atoms with E-state index in [1.165, 1.54) is 121 Å². The molecule has 0 aliphatic carbocycles. The highest BCUT2D eigenvalue weighted by Gasteiger charge is 2.22. The quantitative estimate of drug-likeness (QED) is 0.147. The Kier molecular flexibility index (Phi) is 10.0. The van der Waals surface area contributed by atoms with Gasteiger partial charge >= 0.3 is 0 Å². The maximum Gasteiger partial charge on any atom is 0.0541 e. The van der Waals surface area contributed by atoms with Crippen molar-refractivity contribution < 1.29 is 0 Å². The molecule has 0 aliphatic heterocycles. The Bertz CT molecular complexity index is 3840. The highest BCUT2D eigenvalue weighted by atomic mass is 15.0. The van der Waals surface area contributed by atoms with E-state index in [0.29, 0.717) is 0 Å². The fourth-order valence-electron chi connectivity index (χ4n) is 11.5. The van der Waals surface area contributed by atoms with Crippen molar-refractivity contribution in [3.63, 3.8) is 0 Å². The first kappa shape index (κ1) is 43.6. The van der Waals surface area contributed by atoms with E-state index in [1.807, 2.05) is 0 Å². The number of rotatable bonds is 6. The SMILES string of the molecule is CC(C)(C)c1ccc(-c2ccc(-c3c4ccc(-n5c6ccccc6c6ccccc65)cc4c(-c4ccc(-c5ccc(C(C)(C)C)cc5)cc4)c4ccc(-n5c6ccccc6c6ccccc65)cc34)cc2)cc1. The van der Waals surface area contributed by atoms with Gasteiger partial charge in [-0.1, -0.05) is 224 Å². The van der Waals surface area contributed by atoms with Crippen LogP contribution >= 0.6 is 0 Å². The molecule has 2 aromatic heterocycles. The summed E-state index contributed by atoms with van der Waals surface area (Å²) < 4.78 is 4.90. The van der Waals surface area contributed by atoms with Crippen molar-refractivity contribution in [1.82, 2.24) is 9.13 Å². The molecule has 2 nitrogen and oxygen atoms in total. The molecule has 0 spiro atoms. The van der Waals surface area contributed by atoms with Crippen LogP contribution in [0.25, 0.3) is 121 Å². The van der Waals surface area contributed by atoms with Crippen LogP contribution in [0.15, 0.2) is 231 Å². The summed E-state index contributed by atoms with van der Waals surface area (Å²) in [7, 11) is 0. The Morgan fingerprint density at radius 3 is 0.792 bits per heavy atom. The first-order chi connectivity index (χ1) is 35.0. The van der Waals surface area contributed by atoms with Gasteiger partial charge in [-0.2, -0.15) is 0 Å². The van der Waals surface area contributed by atoms with Crippen LogP contribution in [0, 0.1) is 0 Å². The minimum Gasteiger partial charge on any atom is -0.309 e. The van der Waals surface area contributed by atoms with Crippen molar-refractivity contribution in [2.24, 2.45) is 0 Å². The average molecular weight is 925 g/mol. The lowest BCUT2D eigenvalue weighted by Crippen LogP contribution is -2.10. The van der Waals surface area contributed by atoms with Crippen LogP contribution in [0.1, 0.15) is 52.7 Å². The number of hydrogen-bond donors (Lipinski definition) is 0. The summed E-state index contributed by atoms with van der Waals surface area (Å²) in [6, 6.07) is 86.5. The highest BCUT2D eigenvalue weighted by molar-refractivity contribution is 6.23. The first-order valence-electron chi connectivity index (χ1n) is 25.4. The van der Waals surface area contributed by atoms with Crippen LogP contribution < -0.4 is 0 Å². The summed E-state index contributed by atoms with van der Waals surface area (Å²) in [5, 5.41) is 9.87. The molecule has 346 valence electrons. The fourth-order valence-corrected chi connectivity index (χ4v) is 11.5. The Morgan fingerprint density at radius 1 is 0.236 bits per heavy atom. The molecule has 0 saturated carbocycles. The molecule has 13 aromatic rings. The molecule has 0 saturated heterocycles. The number of fused-ring (bicyclic) bond motifs is 8. The molecule has 0 bridgehead atoms. The fraction of sp³-hybridized carbons (Fsp3) is 0.114. The Labute approximate surface area is 422 Å². The third-order valence-electron chi connectivity index (χ3n) is 15.3. The number of hydrogen-bond acceptors (Lipinski definition) is 0. The van der Waals surface area contributed by atoms with Crippen molar-refractivity contribution in [3.05, 3.63) is 242 Å². The molecule has 0 amide bonds. The van der Waals surface area contributed by atoms with Crippen LogP contribution in [0.3, 0.4) is 0 Å². The molecule has 0 aliphatic rings. The smallest absolute Gasteiger partial charge is 0.0541 e. The predicted molar refractivity (Wildman–Crippen MR) is 309 cm³/mol. The van der Waals surface area contributed by atoms with Crippen LogP contribution in [0.4, 0.5) is 0 Å². The van der Waals surface area contributed by atoms with E-state index in [0.717, 1.165) is 11.4 Å². The summed E-state index contributed by atoms with van der Waals surface area (Å²) in [6.07, 6.45) is 0. The number of benzene rings is 11. The maximum atomic E-state index is 2.46. The van der Waals surface area contributed by atoms with Gasteiger partial charge in [-0.3, -0.25) is 0 Å². The lowest BCUT2D eigenvalue weighted by atomic mass is 9.84. The molecule has 72 heavy (non-hydrogen) atoms. The molecule has 0 fully saturated rings. The zero-order valence-electron chi connectivity index (χ0n) is 41.8. The summed E-state index contributed by atoms with van der Waals surface area (Å²) in [5.74, 6) is 0. The second-order valence-electron chi connectivity index (χ2n) is 21.8. The second-order valence-corrected chi connectivity index (χ2v) is 21.8. The average Bonchev–Trinajstić information content (AvgIpc) is 3.93. The van der Waals surface area contributed by atoms with E-state index in [4.69, 9.17) is 0 Å². The zero-order valence-corrected chi connectivity index (χ0v) is 41.8. The van der Waals surface area contributed by atoms with Gasteiger partial charge in [0.25, 0.3) is 0 Å². The third kappa shape index (κ3) is 7.16. The molecular weight excluding hydrogens is 869 g/mol. The van der Waals surface area contributed by atoms with Crippen molar-refractivity contribution in [3.8, 4) is 55.9 Å². The Hall–Kier alpha value is -8.46. The molecular formula is C70H56N2. The van der Waals surface area contributed by atoms with Gasteiger partial charge in [0.1, 0.15) is 0 Å². The van der Waals surface area contributed by atoms with E-state index in [1.54, 1.807) is 0 Å². The highest BCUT2D eigenvalue weighted by Crippen LogP contribution is 2.47. The Morgan fingerprint density at radius 2 is 0.500 bits per heavy atom. The summed E-state index contributed by atoms with van der Waals surface area (Å²) in [4.78, 5) is 0. The topological polar surface area (TPSA) is 9.86 Å². The van der Waals surface area contributed by atoms with E-state index in [-0.39, 0.29) is 10.8 Å². The second kappa shape index (κ2) is 16.6. The first-order valence-corrected chi connectivity index (χ1v) is 25.4. The summed E-state index contributed by atoms with van der Waals surface area (Å²) in [5.41, 5.74) is 19.6. The van der Waals surface area contributed by atoms with Gasteiger partial charge in [0.05, 0.1) is 22.1 Å². The minimum absolute atomic E-state index is 0.0938. The van der Waals surface area contributed by atoms with Gasteiger partial charge < -0.3 is 9.13 Å².